The van der Waals surface area contributed by atoms with Crippen molar-refractivity contribution in [2.75, 3.05) is 0 Å². The molecule has 120 valence electrons. The van der Waals surface area contributed by atoms with E-state index in [0.717, 1.165) is 10.9 Å². The van der Waals surface area contributed by atoms with Gasteiger partial charge in [0.05, 0.1) is 11.1 Å². The molecule has 0 saturated carbocycles. The Morgan fingerprint density at radius 3 is 2.16 bits per heavy atom. The van der Waals surface area contributed by atoms with Crippen LogP contribution in [-0.2, 0) is 0 Å². The van der Waals surface area contributed by atoms with E-state index in [1.165, 1.54) is 6.07 Å². The van der Waals surface area contributed by atoms with Crippen molar-refractivity contribution in [2.24, 2.45) is 0 Å². The topological polar surface area (TPSA) is 67.3 Å². The third-order valence-electron chi connectivity index (χ3n) is 4.21. The highest BCUT2D eigenvalue weighted by Crippen LogP contribution is 2.25. The van der Waals surface area contributed by atoms with Gasteiger partial charge in [-0.25, -0.2) is 9.78 Å². The summed E-state index contributed by atoms with van der Waals surface area (Å²) in [6, 6.07) is 21.2. The molecule has 1 N–H and O–H groups in total. The van der Waals surface area contributed by atoms with Gasteiger partial charge in [0.25, 0.3) is 0 Å². The van der Waals surface area contributed by atoms with Crippen LogP contribution in [-0.4, -0.2) is 21.8 Å². The molecule has 4 heteroatoms. The Hall–Kier alpha value is -3.53. The number of pyridine rings is 1. The first-order valence-electron chi connectivity index (χ1n) is 7.81. The molecule has 0 radical (unpaired) electrons. The van der Waals surface area contributed by atoms with E-state index in [2.05, 4.69) is 4.98 Å². The standard InChI is InChI=1S/C21H13NO3/c23-20(18-12-11-13-5-1-2-10-17(13)22-18)15-8-3-6-14-7-4-9-16(19(14)15)21(24)25/h1-12H,(H,24,25). The number of hydrogen-bond donors (Lipinski definition) is 1. The van der Waals surface area contributed by atoms with Gasteiger partial charge in [0.1, 0.15) is 5.69 Å². The monoisotopic (exact) mass is 327 g/mol. The van der Waals surface area contributed by atoms with Crippen LogP contribution in [0.2, 0.25) is 0 Å². The van der Waals surface area contributed by atoms with Gasteiger partial charge in [-0.05, 0) is 23.6 Å². The minimum atomic E-state index is -1.06. The first-order valence-corrected chi connectivity index (χ1v) is 7.81. The minimum Gasteiger partial charge on any atom is -0.478 e. The lowest BCUT2D eigenvalue weighted by molar-refractivity contribution is 0.0699. The maximum Gasteiger partial charge on any atom is 0.336 e. The van der Waals surface area contributed by atoms with E-state index in [-0.39, 0.29) is 11.3 Å². The Morgan fingerprint density at radius 2 is 1.40 bits per heavy atom. The van der Waals surface area contributed by atoms with Crippen LogP contribution < -0.4 is 0 Å². The molecule has 0 aliphatic heterocycles. The lowest BCUT2D eigenvalue weighted by Crippen LogP contribution is -2.07. The fourth-order valence-electron chi connectivity index (χ4n) is 3.04. The van der Waals surface area contributed by atoms with Crippen molar-refractivity contribution >= 4 is 33.4 Å². The van der Waals surface area contributed by atoms with Crippen LogP contribution in [0.1, 0.15) is 26.4 Å². The molecule has 25 heavy (non-hydrogen) atoms. The van der Waals surface area contributed by atoms with Crippen molar-refractivity contribution < 1.29 is 14.7 Å². The van der Waals surface area contributed by atoms with E-state index in [4.69, 9.17) is 0 Å². The highest BCUT2D eigenvalue weighted by molar-refractivity contribution is 6.19. The molecule has 0 aliphatic rings. The van der Waals surface area contributed by atoms with Crippen molar-refractivity contribution in [2.45, 2.75) is 0 Å². The Bertz CT molecular complexity index is 1140. The summed E-state index contributed by atoms with van der Waals surface area (Å²) in [6.45, 7) is 0. The molecule has 3 aromatic carbocycles. The number of benzene rings is 3. The van der Waals surface area contributed by atoms with Gasteiger partial charge in [-0.2, -0.15) is 0 Å². The molecule has 0 amide bonds. The lowest BCUT2D eigenvalue weighted by atomic mass is 9.95. The molecular formula is C21H13NO3. The average Bonchev–Trinajstić information content (AvgIpc) is 2.66. The molecular weight excluding hydrogens is 314 g/mol. The van der Waals surface area contributed by atoms with Crippen LogP contribution >= 0.6 is 0 Å². The molecule has 0 unspecified atom stereocenters. The minimum absolute atomic E-state index is 0.113. The highest BCUT2D eigenvalue weighted by Gasteiger charge is 2.18. The zero-order chi connectivity index (χ0) is 17.4. The maximum absolute atomic E-state index is 13.0. The van der Waals surface area contributed by atoms with E-state index >= 15 is 0 Å². The fourth-order valence-corrected chi connectivity index (χ4v) is 3.04. The van der Waals surface area contributed by atoms with E-state index in [9.17, 15) is 14.7 Å². The van der Waals surface area contributed by atoms with Crippen molar-refractivity contribution in [3.63, 3.8) is 0 Å². The second-order valence-corrected chi connectivity index (χ2v) is 5.73. The van der Waals surface area contributed by atoms with Crippen LogP contribution in [0.25, 0.3) is 21.7 Å². The van der Waals surface area contributed by atoms with Gasteiger partial charge in [0.15, 0.2) is 0 Å². The smallest absolute Gasteiger partial charge is 0.336 e. The molecule has 0 atom stereocenters. The number of carboxylic acid groups (broad SMARTS) is 1. The summed E-state index contributed by atoms with van der Waals surface area (Å²) in [4.78, 5) is 29.0. The van der Waals surface area contributed by atoms with Crippen LogP contribution in [0.3, 0.4) is 0 Å². The fraction of sp³-hybridized carbons (Fsp3) is 0. The van der Waals surface area contributed by atoms with E-state index in [1.807, 2.05) is 30.3 Å². The molecule has 0 spiro atoms. The first-order chi connectivity index (χ1) is 12.1. The Morgan fingerprint density at radius 1 is 0.720 bits per heavy atom. The van der Waals surface area contributed by atoms with Crippen LogP contribution in [0.4, 0.5) is 0 Å². The molecule has 4 rings (SSSR count). The molecule has 0 saturated heterocycles. The molecule has 4 nitrogen and oxygen atoms in total. The summed E-state index contributed by atoms with van der Waals surface area (Å²) in [5.74, 6) is -1.35. The van der Waals surface area contributed by atoms with Crippen molar-refractivity contribution in [3.05, 3.63) is 89.6 Å². The Kier molecular flexibility index (Phi) is 3.51. The highest BCUT2D eigenvalue weighted by atomic mass is 16.4. The normalized spacial score (nSPS) is 10.9. The van der Waals surface area contributed by atoms with Gasteiger partial charge in [-0.3, -0.25) is 4.79 Å². The van der Waals surface area contributed by atoms with Crippen molar-refractivity contribution in [1.82, 2.24) is 4.98 Å². The summed E-state index contributed by atoms with van der Waals surface area (Å²) >= 11 is 0. The lowest BCUT2D eigenvalue weighted by Gasteiger charge is -2.09. The number of carbonyl (C=O) groups is 2. The SMILES string of the molecule is O=C(O)c1cccc2cccc(C(=O)c3ccc4ccccc4n3)c12. The summed E-state index contributed by atoms with van der Waals surface area (Å²) in [6.07, 6.45) is 0. The number of carbonyl (C=O) groups excluding carboxylic acids is 1. The molecule has 0 fully saturated rings. The number of nitrogens with zero attached hydrogens (tertiary/aromatic N) is 1. The summed E-state index contributed by atoms with van der Waals surface area (Å²) in [7, 11) is 0. The zero-order valence-corrected chi connectivity index (χ0v) is 13.1. The number of aromatic nitrogens is 1. The van der Waals surface area contributed by atoms with Gasteiger partial charge in [0, 0.05) is 16.3 Å². The average molecular weight is 327 g/mol. The van der Waals surface area contributed by atoms with Crippen molar-refractivity contribution in [1.29, 1.82) is 0 Å². The molecule has 4 aromatic rings. The predicted molar refractivity (Wildman–Crippen MR) is 96.1 cm³/mol. The number of para-hydroxylation sites is 1. The number of rotatable bonds is 3. The molecule has 1 aromatic heterocycles. The number of hydrogen-bond acceptors (Lipinski definition) is 3. The van der Waals surface area contributed by atoms with Crippen LogP contribution in [0.15, 0.2) is 72.8 Å². The third-order valence-corrected chi connectivity index (χ3v) is 4.21. The van der Waals surface area contributed by atoms with Crippen molar-refractivity contribution in [3.8, 4) is 0 Å². The van der Waals surface area contributed by atoms with E-state index in [1.54, 1.807) is 36.4 Å². The number of ketones is 1. The quantitative estimate of drug-likeness (QED) is 0.569. The van der Waals surface area contributed by atoms with E-state index in [0.29, 0.717) is 22.0 Å². The largest absolute Gasteiger partial charge is 0.478 e. The third kappa shape index (κ3) is 2.54. The zero-order valence-electron chi connectivity index (χ0n) is 13.1. The predicted octanol–water partition coefficient (Wildman–Crippen LogP) is 4.32. The van der Waals surface area contributed by atoms with Gasteiger partial charge in [-0.15, -0.1) is 0 Å². The Labute approximate surface area is 143 Å². The summed E-state index contributed by atoms with van der Waals surface area (Å²) in [5, 5.41) is 11.6. The van der Waals surface area contributed by atoms with Gasteiger partial charge in [-0.1, -0.05) is 54.6 Å². The number of fused-ring (bicyclic) bond motifs is 2. The summed E-state index contributed by atoms with van der Waals surface area (Å²) in [5.41, 5.74) is 1.49. The number of carboxylic acids is 1. The second kappa shape index (κ2) is 5.83. The number of aromatic carboxylic acids is 1. The first kappa shape index (κ1) is 15.0. The Balaban J connectivity index is 1.94. The van der Waals surface area contributed by atoms with E-state index < -0.39 is 5.97 Å². The van der Waals surface area contributed by atoms with Gasteiger partial charge >= 0.3 is 5.97 Å². The van der Waals surface area contributed by atoms with Crippen LogP contribution in [0.5, 0.6) is 0 Å². The van der Waals surface area contributed by atoms with Crippen LogP contribution in [0, 0.1) is 0 Å². The second-order valence-electron chi connectivity index (χ2n) is 5.73. The van der Waals surface area contributed by atoms with Gasteiger partial charge < -0.3 is 5.11 Å². The summed E-state index contributed by atoms with van der Waals surface area (Å²) < 4.78 is 0. The molecule has 0 aliphatic carbocycles. The molecule has 1 heterocycles. The van der Waals surface area contributed by atoms with Gasteiger partial charge in [0.2, 0.25) is 5.78 Å². The molecule has 0 bridgehead atoms. The maximum atomic E-state index is 13.0.